The van der Waals surface area contributed by atoms with Crippen LogP contribution in [-0.2, 0) is 0 Å². The van der Waals surface area contributed by atoms with Crippen LogP contribution in [0.4, 0.5) is 5.82 Å². The van der Waals surface area contributed by atoms with Crippen molar-refractivity contribution in [2.45, 2.75) is 0 Å². The van der Waals surface area contributed by atoms with Crippen molar-refractivity contribution in [1.82, 2.24) is 10.1 Å². The predicted molar refractivity (Wildman–Crippen MR) is 50.4 cm³/mol. The fourth-order valence-corrected chi connectivity index (χ4v) is 1.02. The fraction of sp³-hybridized carbons (Fsp3) is 0. The summed E-state index contributed by atoms with van der Waals surface area (Å²) in [6.45, 7) is 0. The molecule has 15 heavy (non-hydrogen) atoms. The van der Waals surface area contributed by atoms with Crippen LogP contribution in [0.1, 0.15) is 10.4 Å². The summed E-state index contributed by atoms with van der Waals surface area (Å²) >= 11 is 0. The van der Waals surface area contributed by atoms with Gasteiger partial charge in [-0.1, -0.05) is 5.16 Å². The van der Waals surface area contributed by atoms with Crippen molar-refractivity contribution in [3.05, 3.63) is 36.4 Å². The highest BCUT2D eigenvalue weighted by Crippen LogP contribution is 2.10. The van der Waals surface area contributed by atoms with Crippen molar-refractivity contribution >= 4 is 11.7 Å². The van der Waals surface area contributed by atoms with Crippen molar-refractivity contribution in [3.63, 3.8) is 0 Å². The summed E-state index contributed by atoms with van der Waals surface area (Å²) in [5.74, 6) is -0.168. The van der Waals surface area contributed by atoms with Crippen molar-refractivity contribution in [2.24, 2.45) is 0 Å². The summed E-state index contributed by atoms with van der Waals surface area (Å²) in [6, 6.07) is 2.82. The number of rotatable bonds is 2. The molecule has 0 atom stereocenters. The largest absolute Gasteiger partial charge is 0.506 e. The number of hydrogen-bond acceptors (Lipinski definition) is 5. The molecule has 0 saturated carbocycles. The lowest BCUT2D eigenvalue weighted by molar-refractivity contribution is 0.102. The monoisotopic (exact) mass is 205 g/mol. The molecule has 1 amide bonds. The van der Waals surface area contributed by atoms with Crippen LogP contribution in [0, 0.1) is 0 Å². The molecule has 0 spiro atoms. The highest BCUT2D eigenvalue weighted by atomic mass is 16.5. The Hall–Kier alpha value is -2.37. The number of carbonyl (C=O) groups excluding carboxylic acids is 1. The first-order valence-corrected chi connectivity index (χ1v) is 4.11. The number of amides is 1. The van der Waals surface area contributed by atoms with Gasteiger partial charge < -0.3 is 14.9 Å². The van der Waals surface area contributed by atoms with Gasteiger partial charge in [-0.25, -0.2) is 0 Å². The zero-order valence-corrected chi connectivity index (χ0v) is 7.54. The average molecular weight is 205 g/mol. The molecule has 2 rings (SSSR count). The van der Waals surface area contributed by atoms with E-state index in [1.54, 1.807) is 0 Å². The molecule has 2 aromatic rings. The molecule has 0 fully saturated rings. The van der Waals surface area contributed by atoms with Crippen LogP contribution in [0.15, 0.2) is 35.3 Å². The van der Waals surface area contributed by atoms with Crippen LogP contribution in [-0.4, -0.2) is 21.2 Å². The van der Waals surface area contributed by atoms with E-state index in [1.807, 2.05) is 0 Å². The van der Waals surface area contributed by atoms with E-state index in [9.17, 15) is 4.79 Å². The standard InChI is InChI=1S/C9H7N3O3/c13-7-3-6(4-10-5-7)9(14)11-8-1-2-15-12-8/h1-5,13H,(H,11,12,14). The number of nitrogens with one attached hydrogen (secondary N) is 1. The summed E-state index contributed by atoms with van der Waals surface area (Å²) in [7, 11) is 0. The molecular formula is C9H7N3O3. The van der Waals surface area contributed by atoms with Crippen LogP contribution < -0.4 is 5.32 Å². The van der Waals surface area contributed by atoms with E-state index >= 15 is 0 Å². The van der Waals surface area contributed by atoms with Gasteiger partial charge in [-0.15, -0.1) is 0 Å². The Bertz CT molecular complexity index is 467. The van der Waals surface area contributed by atoms with Gasteiger partial charge in [-0.3, -0.25) is 9.78 Å². The number of hydrogen-bond donors (Lipinski definition) is 2. The molecule has 6 nitrogen and oxygen atoms in total. The fourth-order valence-electron chi connectivity index (χ4n) is 1.02. The van der Waals surface area contributed by atoms with Gasteiger partial charge in [0.2, 0.25) is 0 Å². The topological polar surface area (TPSA) is 88.3 Å². The first kappa shape index (κ1) is 9.20. The summed E-state index contributed by atoms with van der Waals surface area (Å²) < 4.78 is 4.55. The zero-order chi connectivity index (χ0) is 10.7. The van der Waals surface area contributed by atoms with Gasteiger partial charge in [0.05, 0.1) is 11.8 Å². The molecule has 0 radical (unpaired) electrons. The van der Waals surface area contributed by atoms with E-state index in [0.717, 1.165) is 0 Å². The first-order valence-electron chi connectivity index (χ1n) is 4.11. The van der Waals surface area contributed by atoms with E-state index in [4.69, 9.17) is 5.11 Å². The molecule has 2 aromatic heterocycles. The van der Waals surface area contributed by atoms with E-state index in [0.29, 0.717) is 5.82 Å². The second-order valence-corrected chi connectivity index (χ2v) is 2.77. The Labute approximate surface area is 84.5 Å². The number of anilines is 1. The molecule has 0 bridgehead atoms. The lowest BCUT2D eigenvalue weighted by Crippen LogP contribution is -2.12. The average Bonchev–Trinajstić information content (AvgIpc) is 2.70. The van der Waals surface area contributed by atoms with Crippen LogP contribution in [0.5, 0.6) is 5.75 Å². The number of carbonyl (C=O) groups is 1. The zero-order valence-electron chi connectivity index (χ0n) is 7.54. The van der Waals surface area contributed by atoms with Gasteiger partial charge in [0.15, 0.2) is 5.82 Å². The molecule has 2 heterocycles. The maximum absolute atomic E-state index is 11.5. The molecule has 76 valence electrons. The maximum atomic E-state index is 11.5. The summed E-state index contributed by atoms with van der Waals surface area (Å²) in [5, 5.41) is 15.1. The third-order valence-electron chi connectivity index (χ3n) is 1.67. The molecule has 0 aliphatic carbocycles. The Morgan fingerprint density at radius 3 is 3.00 bits per heavy atom. The first-order chi connectivity index (χ1) is 7.25. The number of aromatic hydroxyl groups is 1. The van der Waals surface area contributed by atoms with Crippen molar-refractivity contribution in [2.75, 3.05) is 5.32 Å². The lowest BCUT2D eigenvalue weighted by Gasteiger charge is -2.00. The minimum Gasteiger partial charge on any atom is -0.506 e. The van der Waals surface area contributed by atoms with Gasteiger partial charge >= 0.3 is 0 Å². The molecule has 6 heteroatoms. The molecule has 0 unspecified atom stereocenters. The quantitative estimate of drug-likeness (QED) is 0.764. The summed E-state index contributed by atoms with van der Waals surface area (Å²) in [5.41, 5.74) is 0.248. The van der Waals surface area contributed by atoms with E-state index in [2.05, 4.69) is 20.0 Å². The number of pyridine rings is 1. The second-order valence-electron chi connectivity index (χ2n) is 2.77. The van der Waals surface area contributed by atoms with Gasteiger partial charge in [0, 0.05) is 12.3 Å². The van der Waals surface area contributed by atoms with Crippen molar-refractivity contribution in [1.29, 1.82) is 0 Å². The Morgan fingerprint density at radius 2 is 2.33 bits per heavy atom. The van der Waals surface area contributed by atoms with Crippen LogP contribution in [0.3, 0.4) is 0 Å². The molecular weight excluding hydrogens is 198 g/mol. The van der Waals surface area contributed by atoms with Crippen molar-refractivity contribution < 1.29 is 14.4 Å². The minimum absolute atomic E-state index is 0.0668. The van der Waals surface area contributed by atoms with Gasteiger partial charge in [-0.2, -0.15) is 0 Å². The van der Waals surface area contributed by atoms with E-state index in [1.165, 1.54) is 30.8 Å². The summed E-state index contributed by atoms with van der Waals surface area (Å²) in [6.07, 6.45) is 3.93. The Morgan fingerprint density at radius 1 is 1.47 bits per heavy atom. The molecule has 2 N–H and O–H groups in total. The molecule has 0 aliphatic rings. The van der Waals surface area contributed by atoms with Gasteiger partial charge in [-0.05, 0) is 6.07 Å². The SMILES string of the molecule is O=C(Nc1ccon1)c1cncc(O)c1. The summed E-state index contributed by atoms with van der Waals surface area (Å²) in [4.78, 5) is 15.2. The molecule has 0 aromatic carbocycles. The highest BCUT2D eigenvalue weighted by molar-refractivity contribution is 6.03. The van der Waals surface area contributed by atoms with Gasteiger partial charge in [0.1, 0.15) is 12.0 Å². The van der Waals surface area contributed by atoms with Crippen molar-refractivity contribution in [3.8, 4) is 5.75 Å². The van der Waals surface area contributed by atoms with Crippen LogP contribution in [0.2, 0.25) is 0 Å². The normalized spacial score (nSPS) is 9.87. The lowest BCUT2D eigenvalue weighted by atomic mass is 10.2. The Balaban J connectivity index is 2.15. The highest BCUT2D eigenvalue weighted by Gasteiger charge is 2.08. The van der Waals surface area contributed by atoms with Gasteiger partial charge in [0.25, 0.3) is 5.91 Å². The Kier molecular flexibility index (Phi) is 2.32. The van der Waals surface area contributed by atoms with E-state index in [-0.39, 0.29) is 11.3 Å². The minimum atomic E-state index is -0.410. The smallest absolute Gasteiger partial charge is 0.258 e. The van der Waals surface area contributed by atoms with E-state index < -0.39 is 5.91 Å². The second kappa shape index (κ2) is 3.79. The third kappa shape index (κ3) is 2.11. The predicted octanol–water partition coefficient (Wildman–Crippen LogP) is 1.03. The molecule has 0 aliphatic heterocycles. The third-order valence-corrected chi connectivity index (χ3v) is 1.67. The van der Waals surface area contributed by atoms with Crippen LogP contribution >= 0.6 is 0 Å². The molecule has 0 saturated heterocycles. The number of nitrogens with zero attached hydrogens (tertiary/aromatic N) is 2. The van der Waals surface area contributed by atoms with Crippen LogP contribution in [0.25, 0.3) is 0 Å². The number of aromatic nitrogens is 2. The maximum Gasteiger partial charge on any atom is 0.258 e.